The molecular formula is C25H23NO7. The molecule has 0 aliphatic carbocycles. The van der Waals surface area contributed by atoms with Crippen LogP contribution in [0.2, 0.25) is 0 Å². The number of aryl methyl sites for hydroxylation is 2. The SMILES string of the molecule is Cc1ccc(C)c(NC(=O)CCC(=O)OCC(=O)c2ccc(OC(=O)c3ccco3)cc2)c1. The monoisotopic (exact) mass is 449 g/mol. The first kappa shape index (κ1) is 23.5. The van der Waals surface area contributed by atoms with Crippen LogP contribution in [0, 0.1) is 13.8 Å². The standard InChI is InChI=1S/C25H23NO7/c1-16-5-6-17(2)20(14-16)26-23(28)11-12-24(29)32-15-21(27)18-7-9-19(10-8-18)33-25(30)22-4-3-13-31-22/h3-10,13-14H,11-12,15H2,1-2H3,(H,26,28). The van der Waals surface area contributed by atoms with Gasteiger partial charge in [0.1, 0.15) is 5.75 Å². The summed E-state index contributed by atoms with van der Waals surface area (Å²) in [4.78, 5) is 48.1. The van der Waals surface area contributed by atoms with Crippen molar-refractivity contribution in [2.24, 2.45) is 0 Å². The Labute approximate surface area is 190 Å². The average Bonchev–Trinajstić information content (AvgIpc) is 3.34. The molecule has 3 aromatic rings. The zero-order chi connectivity index (χ0) is 23.8. The summed E-state index contributed by atoms with van der Waals surface area (Å²) in [7, 11) is 0. The second-order valence-corrected chi connectivity index (χ2v) is 7.34. The number of amides is 1. The van der Waals surface area contributed by atoms with E-state index in [4.69, 9.17) is 13.9 Å². The van der Waals surface area contributed by atoms with Crippen LogP contribution in [0.25, 0.3) is 0 Å². The first-order valence-corrected chi connectivity index (χ1v) is 10.2. The normalized spacial score (nSPS) is 10.4. The summed E-state index contributed by atoms with van der Waals surface area (Å²) in [6, 6.07) is 14.6. The summed E-state index contributed by atoms with van der Waals surface area (Å²) in [6.07, 6.45) is 1.15. The highest BCUT2D eigenvalue weighted by atomic mass is 16.5. The molecule has 0 saturated carbocycles. The van der Waals surface area contributed by atoms with E-state index >= 15 is 0 Å². The van der Waals surface area contributed by atoms with Crippen molar-refractivity contribution in [3.63, 3.8) is 0 Å². The van der Waals surface area contributed by atoms with Crippen LogP contribution in [0.15, 0.2) is 65.3 Å². The van der Waals surface area contributed by atoms with Crippen molar-refractivity contribution in [2.75, 3.05) is 11.9 Å². The minimum Gasteiger partial charge on any atom is -0.457 e. The summed E-state index contributed by atoms with van der Waals surface area (Å²) < 4.78 is 15.1. The van der Waals surface area contributed by atoms with E-state index in [2.05, 4.69) is 5.32 Å². The highest BCUT2D eigenvalue weighted by Crippen LogP contribution is 2.17. The molecule has 1 amide bonds. The lowest BCUT2D eigenvalue weighted by molar-refractivity contribution is -0.143. The van der Waals surface area contributed by atoms with E-state index in [0.29, 0.717) is 5.69 Å². The van der Waals surface area contributed by atoms with E-state index in [-0.39, 0.29) is 35.8 Å². The Balaban J connectivity index is 1.41. The van der Waals surface area contributed by atoms with Crippen LogP contribution in [0.1, 0.15) is 44.9 Å². The van der Waals surface area contributed by atoms with Crippen molar-refractivity contribution < 1.29 is 33.1 Å². The summed E-state index contributed by atoms with van der Waals surface area (Å²) in [6.45, 7) is 3.35. The zero-order valence-corrected chi connectivity index (χ0v) is 18.3. The van der Waals surface area contributed by atoms with Gasteiger partial charge in [0, 0.05) is 17.7 Å². The van der Waals surface area contributed by atoms with Gasteiger partial charge in [-0.2, -0.15) is 0 Å². The molecule has 0 spiro atoms. The molecule has 0 aliphatic rings. The Hall–Kier alpha value is -4.20. The fourth-order valence-corrected chi connectivity index (χ4v) is 2.86. The summed E-state index contributed by atoms with van der Waals surface area (Å²) in [5, 5.41) is 2.77. The molecule has 33 heavy (non-hydrogen) atoms. The van der Waals surface area contributed by atoms with Crippen LogP contribution in [-0.4, -0.2) is 30.2 Å². The van der Waals surface area contributed by atoms with Gasteiger partial charge in [-0.25, -0.2) is 4.79 Å². The number of nitrogens with one attached hydrogen (secondary N) is 1. The largest absolute Gasteiger partial charge is 0.457 e. The van der Waals surface area contributed by atoms with Crippen molar-refractivity contribution in [3.8, 4) is 5.75 Å². The maximum atomic E-state index is 12.2. The Kier molecular flexibility index (Phi) is 7.75. The van der Waals surface area contributed by atoms with E-state index < -0.39 is 24.3 Å². The summed E-state index contributed by atoms with van der Waals surface area (Å²) >= 11 is 0. The van der Waals surface area contributed by atoms with Gasteiger partial charge in [0.2, 0.25) is 11.7 Å². The molecule has 0 aliphatic heterocycles. The Bertz CT molecular complexity index is 1150. The van der Waals surface area contributed by atoms with Crippen LogP contribution in [-0.2, 0) is 14.3 Å². The van der Waals surface area contributed by atoms with Gasteiger partial charge in [-0.3, -0.25) is 14.4 Å². The van der Waals surface area contributed by atoms with Crippen molar-refractivity contribution in [1.82, 2.24) is 0 Å². The van der Waals surface area contributed by atoms with Gasteiger partial charge >= 0.3 is 11.9 Å². The molecule has 1 heterocycles. The van der Waals surface area contributed by atoms with E-state index in [0.717, 1.165) is 11.1 Å². The van der Waals surface area contributed by atoms with Crippen molar-refractivity contribution in [2.45, 2.75) is 26.7 Å². The molecule has 1 N–H and O–H groups in total. The minimum absolute atomic E-state index is 0.0594. The molecule has 3 rings (SSSR count). The van der Waals surface area contributed by atoms with Crippen LogP contribution >= 0.6 is 0 Å². The Morgan fingerprint density at radius 1 is 0.939 bits per heavy atom. The lowest BCUT2D eigenvalue weighted by Gasteiger charge is -2.09. The van der Waals surface area contributed by atoms with Gasteiger partial charge < -0.3 is 19.2 Å². The third kappa shape index (κ3) is 6.90. The topological polar surface area (TPSA) is 112 Å². The summed E-state index contributed by atoms with van der Waals surface area (Å²) in [5.41, 5.74) is 2.91. The molecule has 1 aromatic heterocycles. The maximum Gasteiger partial charge on any atom is 0.379 e. The third-order valence-corrected chi connectivity index (χ3v) is 4.70. The number of carbonyl (C=O) groups excluding carboxylic acids is 4. The van der Waals surface area contributed by atoms with E-state index in [1.165, 1.54) is 36.6 Å². The smallest absolute Gasteiger partial charge is 0.379 e. The third-order valence-electron chi connectivity index (χ3n) is 4.70. The second-order valence-electron chi connectivity index (χ2n) is 7.34. The van der Waals surface area contributed by atoms with Crippen molar-refractivity contribution >= 4 is 29.3 Å². The average molecular weight is 449 g/mol. The predicted octanol–water partition coefficient (Wildman–Crippen LogP) is 4.26. The number of esters is 2. The molecular weight excluding hydrogens is 426 g/mol. The number of ketones is 1. The molecule has 8 heteroatoms. The maximum absolute atomic E-state index is 12.2. The van der Waals surface area contributed by atoms with Gasteiger partial charge in [0.15, 0.2) is 12.4 Å². The summed E-state index contributed by atoms with van der Waals surface area (Å²) in [5.74, 6) is -1.75. The molecule has 8 nitrogen and oxygen atoms in total. The predicted molar refractivity (Wildman–Crippen MR) is 119 cm³/mol. The molecule has 0 bridgehead atoms. The van der Waals surface area contributed by atoms with Gasteiger partial charge in [-0.1, -0.05) is 12.1 Å². The number of benzene rings is 2. The van der Waals surface area contributed by atoms with Crippen LogP contribution in [0.4, 0.5) is 5.69 Å². The fourth-order valence-electron chi connectivity index (χ4n) is 2.86. The molecule has 0 fully saturated rings. The molecule has 2 aromatic carbocycles. The number of carbonyl (C=O) groups is 4. The van der Waals surface area contributed by atoms with E-state index in [1.54, 1.807) is 6.07 Å². The van der Waals surface area contributed by atoms with Gasteiger partial charge in [-0.05, 0) is 67.4 Å². The number of rotatable bonds is 9. The zero-order valence-electron chi connectivity index (χ0n) is 18.3. The van der Waals surface area contributed by atoms with Gasteiger partial charge in [0.05, 0.1) is 12.7 Å². The molecule has 0 unspecified atom stereocenters. The van der Waals surface area contributed by atoms with Crippen LogP contribution in [0.5, 0.6) is 5.75 Å². The lowest BCUT2D eigenvalue weighted by Crippen LogP contribution is -2.17. The number of hydrogen-bond acceptors (Lipinski definition) is 7. The molecule has 0 radical (unpaired) electrons. The first-order chi connectivity index (χ1) is 15.8. The molecule has 170 valence electrons. The van der Waals surface area contributed by atoms with E-state index in [1.807, 2.05) is 32.0 Å². The fraction of sp³-hybridized carbons (Fsp3) is 0.200. The Morgan fingerprint density at radius 2 is 1.70 bits per heavy atom. The van der Waals surface area contributed by atoms with Gasteiger partial charge in [0.25, 0.3) is 0 Å². The highest BCUT2D eigenvalue weighted by Gasteiger charge is 2.14. The number of Topliss-reactive ketones (excluding diaryl/α,β-unsaturated/α-hetero) is 1. The number of furan rings is 1. The van der Waals surface area contributed by atoms with Crippen molar-refractivity contribution in [3.05, 3.63) is 83.3 Å². The Morgan fingerprint density at radius 3 is 2.39 bits per heavy atom. The minimum atomic E-state index is -0.658. The second kappa shape index (κ2) is 10.9. The molecule has 0 atom stereocenters. The number of ether oxygens (including phenoxy) is 2. The first-order valence-electron chi connectivity index (χ1n) is 10.2. The van der Waals surface area contributed by atoms with Crippen molar-refractivity contribution in [1.29, 1.82) is 0 Å². The number of anilines is 1. The molecule has 0 saturated heterocycles. The highest BCUT2D eigenvalue weighted by molar-refractivity contribution is 5.98. The van der Waals surface area contributed by atoms with Crippen LogP contribution in [0.3, 0.4) is 0 Å². The lowest BCUT2D eigenvalue weighted by atomic mass is 10.1. The van der Waals surface area contributed by atoms with Gasteiger partial charge in [-0.15, -0.1) is 0 Å². The van der Waals surface area contributed by atoms with E-state index in [9.17, 15) is 19.2 Å². The van der Waals surface area contributed by atoms with Crippen LogP contribution < -0.4 is 10.1 Å². The number of hydrogen-bond donors (Lipinski definition) is 1. The quantitative estimate of drug-likeness (QED) is 0.295.